The summed E-state index contributed by atoms with van der Waals surface area (Å²) in [6.45, 7) is 0.684. The quantitative estimate of drug-likeness (QED) is 0.435. The molecule has 0 aliphatic carbocycles. The van der Waals surface area contributed by atoms with E-state index in [0.29, 0.717) is 12.3 Å². The van der Waals surface area contributed by atoms with Crippen molar-refractivity contribution in [2.45, 2.75) is 10.9 Å². The van der Waals surface area contributed by atoms with Crippen molar-refractivity contribution in [3.05, 3.63) is 52.7 Å². The van der Waals surface area contributed by atoms with Gasteiger partial charge in [0.05, 0.1) is 5.75 Å². The van der Waals surface area contributed by atoms with Crippen LogP contribution in [0.5, 0.6) is 0 Å². The van der Waals surface area contributed by atoms with E-state index in [0.717, 1.165) is 28.0 Å². The molecule has 0 aliphatic heterocycles. The van der Waals surface area contributed by atoms with Gasteiger partial charge in [-0.3, -0.25) is 4.79 Å². The minimum Gasteiger partial charge on any atom is -0.355 e. The molecule has 5 nitrogen and oxygen atoms in total. The summed E-state index contributed by atoms with van der Waals surface area (Å²) < 4.78 is 1.92. The highest BCUT2D eigenvalue weighted by atomic mass is 32.2. The third kappa shape index (κ3) is 5.36. The lowest BCUT2D eigenvalue weighted by molar-refractivity contribution is -0.118. The Balaban J connectivity index is 1.38. The van der Waals surface area contributed by atoms with Gasteiger partial charge in [0.15, 0.2) is 11.0 Å². The molecule has 2 aromatic heterocycles. The Labute approximate surface area is 165 Å². The van der Waals surface area contributed by atoms with Crippen LogP contribution in [0, 0.1) is 0 Å². The molecular weight excluding hydrogens is 384 g/mol. The molecule has 0 saturated heterocycles. The average molecular weight is 405 g/mol. The Bertz CT molecular complexity index is 818. The SMILES string of the molecule is Cn1c(SCC(=O)NCCSCc2cccs2)nnc1-c1ccccc1. The van der Waals surface area contributed by atoms with Crippen LogP contribution in [0.2, 0.25) is 0 Å². The maximum Gasteiger partial charge on any atom is 0.230 e. The zero-order chi connectivity index (χ0) is 18.2. The second kappa shape index (κ2) is 9.80. The standard InChI is InChI=1S/C18H20N4OS3/c1-22-17(14-6-3-2-4-7-14)20-21-18(22)26-13-16(23)19-9-11-24-12-15-8-5-10-25-15/h2-8,10H,9,11-13H2,1H3,(H,19,23). The van der Waals surface area contributed by atoms with Crippen LogP contribution in [0.3, 0.4) is 0 Å². The predicted octanol–water partition coefficient (Wildman–Crippen LogP) is 3.69. The van der Waals surface area contributed by atoms with Crippen molar-refractivity contribution in [2.75, 3.05) is 18.1 Å². The number of carbonyl (C=O) groups is 1. The molecule has 26 heavy (non-hydrogen) atoms. The molecule has 0 radical (unpaired) electrons. The molecule has 0 bridgehead atoms. The van der Waals surface area contributed by atoms with Crippen LogP contribution in [0.15, 0.2) is 53.0 Å². The highest BCUT2D eigenvalue weighted by Crippen LogP contribution is 2.22. The number of hydrogen-bond acceptors (Lipinski definition) is 6. The lowest BCUT2D eigenvalue weighted by Gasteiger charge is -2.05. The lowest BCUT2D eigenvalue weighted by Crippen LogP contribution is -2.27. The van der Waals surface area contributed by atoms with Gasteiger partial charge in [-0.05, 0) is 11.4 Å². The van der Waals surface area contributed by atoms with E-state index < -0.39 is 0 Å². The van der Waals surface area contributed by atoms with Crippen LogP contribution in [0.25, 0.3) is 11.4 Å². The first-order valence-corrected chi connectivity index (χ1v) is 11.2. The van der Waals surface area contributed by atoms with Gasteiger partial charge in [-0.15, -0.1) is 21.5 Å². The lowest BCUT2D eigenvalue weighted by atomic mass is 10.2. The summed E-state index contributed by atoms with van der Waals surface area (Å²) in [7, 11) is 1.92. The Hall–Kier alpha value is -1.77. The molecular formula is C18H20N4OS3. The molecule has 1 amide bonds. The Kier molecular flexibility index (Phi) is 7.16. The number of amides is 1. The number of hydrogen-bond donors (Lipinski definition) is 1. The normalized spacial score (nSPS) is 10.8. The molecule has 2 heterocycles. The number of nitrogens with zero attached hydrogens (tertiary/aromatic N) is 3. The van der Waals surface area contributed by atoms with Gasteiger partial charge < -0.3 is 9.88 Å². The summed E-state index contributed by atoms with van der Waals surface area (Å²) in [5, 5.41) is 14.2. The summed E-state index contributed by atoms with van der Waals surface area (Å²) >= 11 is 5.01. The second-order valence-corrected chi connectivity index (χ2v) is 8.58. The number of thioether (sulfide) groups is 2. The molecule has 0 spiro atoms. The van der Waals surface area contributed by atoms with Gasteiger partial charge >= 0.3 is 0 Å². The molecule has 0 saturated carbocycles. The van der Waals surface area contributed by atoms with E-state index in [1.54, 1.807) is 11.3 Å². The number of benzene rings is 1. The molecule has 0 atom stereocenters. The molecule has 3 rings (SSSR count). The van der Waals surface area contributed by atoms with Crippen LogP contribution in [-0.4, -0.2) is 38.7 Å². The minimum atomic E-state index is 0.0241. The Morgan fingerprint density at radius 3 is 2.81 bits per heavy atom. The summed E-state index contributed by atoms with van der Waals surface area (Å²) in [5.41, 5.74) is 1.02. The first kappa shape index (κ1) is 19.0. The van der Waals surface area contributed by atoms with Crippen molar-refractivity contribution in [3.8, 4) is 11.4 Å². The van der Waals surface area contributed by atoms with Gasteiger partial charge in [0.1, 0.15) is 0 Å². The summed E-state index contributed by atoms with van der Waals surface area (Å²) in [5.74, 6) is 3.09. The van der Waals surface area contributed by atoms with E-state index in [1.807, 2.05) is 53.7 Å². The topological polar surface area (TPSA) is 59.8 Å². The maximum absolute atomic E-state index is 12.0. The fraction of sp³-hybridized carbons (Fsp3) is 0.278. The number of nitrogens with one attached hydrogen (secondary N) is 1. The van der Waals surface area contributed by atoms with Crippen LogP contribution in [0.1, 0.15) is 4.88 Å². The van der Waals surface area contributed by atoms with Crippen LogP contribution >= 0.6 is 34.9 Å². The van der Waals surface area contributed by atoms with Crippen molar-refractivity contribution in [1.29, 1.82) is 0 Å². The highest BCUT2D eigenvalue weighted by Gasteiger charge is 2.12. The number of rotatable bonds is 9. The Morgan fingerprint density at radius 1 is 1.19 bits per heavy atom. The van der Waals surface area contributed by atoms with Crippen LogP contribution in [-0.2, 0) is 17.6 Å². The average Bonchev–Trinajstić information content (AvgIpc) is 3.30. The van der Waals surface area contributed by atoms with Gasteiger partial charge in [-0.1, -0.05) is 48.2 Å². The molecule has 0 fully saturated rings. The molecule has 3 aromatic rings. The zero-order valence-electron chi connectivity index (χ0n) is 14.4. The zero-order valence-corrected chi connectivity index (χ0v) is 16.9. The van der Waals surface area contributed by atoms with Crippen molar-refractivity contribution >= 4 is 40.8 Å². The van der Waals surface area contributed by atoms with E-state index in [1.165, 1.54) is 16.6 Å². The first-order chi connectivity index (χ1) is 12.7. The smallest absolute Gasteiger partial charge is 0.230 e. The fourth-order valence-electron chi connectivity index (χ4n) is 2.29. The third-order valence-electron chi connectivity index (χ3n) is 3.59. The number of aromatic nitrogens is 3. The summed E-state index contributed by atoms with van der Waals surface area (Å²) in [6, 6.07) is 14.1. The molecule has 8 heteroatoms. The molecule has 0 unspecified atom stereocenters. The van der Waals surface area contributed by atoms with Crippen molar-refractivity contribution in [1.82, 2.24) is 20.1 Å². The van der Waals surface area contributed by atoms with E-state index in [4.69, 9.17) is 0 Å². The van der Waals surface area contributed by atoms with E-state index in [-0.39, 0.29) is 5.91 Å². The van der Waals surface area contributed by atoms with Crippen molar-refractivity contribution in [3.63, 3.8) is 0 Å². The van der Waals surface area contributed by atoms with Gasteiger partial charge in [0.25, 0.3) is 0 Å². The van der Waals surface area contributed by atoms with Gasteiger partial charge in [0.2, 0.25) is 5.91 Å². The Morgan fingerprint density at radius 2 is 2.04 bits per heavy atom. The van der Waals surface area contributed by atoms with Gasteiger partial charge in [0, 0.05) is 35.5 Å². The first-order valence-electron chi connectivity index (χ1n) is 8.18. The van der Waals surface area contributed by atoms with Crippen LogP contribution < -0.4 is 5.32 Å². The van der Waals surface area contributed by atoms with Crippen molar-refractivity contribution in [2.24, 2.45) is 7.05 Å². The van der Waals surface area contributed by atoms with Crippen LogP contribution in [0.4, 0.5) is 0 Å². The molecule has 1 aromatic carbocycles. The minimum absolute atomic E-state index is 0.0241. The molecule has 136 valence electrons. The number of carbonyl (C=O) groups excluding carboxylic acids is 1. The van der Waals surface area contributed by atoms with E-state index >= 15 is 0 Å². The fourth-order valence-corrected chi connectivity index (χ4v) is 4.73. The summed E-state index contributed by atoms with van der Waals surface area (Å²) in [6.07, 6.45) is 0. The number of thiophene rings is 1. The maximum atomic E-state index is 12.0. The second-order valence-electron chi connectivity index (χ2n) is 5.50. The molecule has 1 N–H and O–H groups in total. The van der Waals surface area contributed by atoms with Gasteiger partial charge in [-0.2, -0.15) is 11.8 Å². The highest BCUT2D eigenvalue weighted by molar-refractivity contribution is 7.99. The largest absolute Gasteiger partial charge is 0.355 e. The summed E-state index contributed by atoms with van der Waals surface area (Å²) in [4.78, 5) is 13.4. The van der Waals surface area contributed by atoms with Gasteiger partial charge in [-0.25, -0.2) is 0 Å². The van der Waals surface area contributed by atoms with Crippen molar-refractivity contribution < 1.29 is 4.79 Å². The monoisotopic (exact) mass is 404 g/mol. The van der Waals surface area contributed by atoms with E-state index in [2.05, 4.69) is 33.0 Å². The predicted molar refractivity (Wildman–Crippen MR) is 111 cm³/mol. The van der Waals surface area contributed by atoms with E-state index in [9.17, 15) is 4.79 Å². The molecule has 0 aliphatic rings. The third-order valence-corrected chi connectivity index (χ3v) is 6.68.